The Morgan fingerprint density at radius 2 is 1.94 bits per heavy atom. The quantitative estimate of drug-likeness (QED) is 0.157. The van der Waals surface area contributed by atoms with Crippen LogP contribution in [-0.4, -0.2) is 81.2 Å². The molecule has 8 N–H and O–H groups in total. The SMILES string of the molecule is CN(C)c1cc(NCC(O)CCl)c(O)c2c1C[C@H]1C[C@H]3CC(=O)C(C(N)=O)=C(O)[C@@]3(O)C(=O)C1=C2O. The number of aliphatic hydroxyl groups excluding tert-OH is 3. The maximum Gasteiger partial charge on any atom is 0.255 e. The number of rotatable bonds is 6. The predicted molar refractivity (Wildman–Crippen MR) is 131 cm³/mol. The first-order chi connectivity index (χ1) is 16.8. The van der Waals surface area contributed by atoms with Crippen molar-refractivity contribution in [3.8, 4) is 5.75 Å². The maximum atomic E-state index is 13.6. The van der Waals surface area contributed by atoms with Crippen LogP contribution in [0.5, 0.6) is 5.75 Å². The van der Waals surface area contributed by atoms with E-state index in [4.69, 9.17) is 17.3 Å². The summed E-state index contributed by atoms with van der Waals surface area (Å²) in [6.07, 6.45) is -1.03. The molecule has 1 aromatic rings. The number of hydrogen-bond acceptors (Lipinski definition) is 10. The van der Waals surface area contributed by atoms with Crippen molar-refractivity contribution in [2.75, 3.05) is 36.7 Å². The summed E-state index contributed by atoms with van der Waals surface area (Å²) < 4.78 is 0. The van der Waals surface area contributed by atoms with Gasteiger partial charge in [-0.05, 0) is 30.4 Å². The number of primary amides is 1. The summed E-state index contributed by atoms with van der Waals surface area (Å²) in [6, 6.07) is 1.65. The first kappa shape index (κ1) is 25.8. The fourth-order valence-electron chi connectivity index (χ4n) is 5.49. The Morgan fingerprint density at radius 3 is 2.53 bits per heavy atom. The van der Waals surface area contributed by atoms with E-state index in [-0.39, 0.29) is 54.3 Å². The topological polar surface area (TPSA) is 194 Å². The average molecular weight is 522 g/mol. The molecule has 0 aliphatic heterocycles. The number of nitrogens with one attached hydrogen (secondary N) is 1. The highest BCUT2D eigenvalue weighted by atomic mass is 35.5. The van der Waals surface area contributed by atoms with Crippen LogP contribution in [0.2, 0.25) is 0 Å². The lowest BCUT2D eigenvalue weighted by Crippen LogP contribution is -2.58. The zero-order chi connectivity index (χ0) is 26.7. The Balaban J connectivity index is 1.90. The summed E-state index contributed by atoms with van der Waals surface area (Å²) >= 11 is 5.65. The fourth-order valence-corrected chi connectivity index (χ4v) is 5.59. The number of carbonyl (C=O) groups excluding carboxylic acids is 3. The van der Waals surface area contributed by atoms with Gasteiger partial charge in [0.25, 0.3) is 5.91 Å². The molecule has 1 unspecified atom stereocenters. The number of carbonyl (C=O) groups is 3. The summed E-state index contributed by atoms with van der Waals surface area (Å²) in [5, 5.41) is 57.0. The van der Waals surface area contributed by atoms with Gasteiger partial charge in [-0.25, -0.2) is 0 Å². The van der Waals surface area contributed by atoms with E-state index in [2.05, 4.69) is 5.32 Å². The number of aliphatic hydroxyl groups is 4. The van der Waals surface area contributed by atoms with E-state index in [0.717, 1.165) is 0 Å². The molecule has 0 bridgehead atoms. The summed E-state index contributed by atoms with van der Waals surface area (Å²) in [5.41, 5.74) is 2.86. The Bertz CT molecular complexity index is 1240. The van der Waals surface area contributed by atoms with Gasteiger partial charge in [-0.15, -0.1) is 11.6 Å². The average Bonchev–Trinajstić information content (AvgIpc) is 2.80. The molecule has 36 heavy (non-hydrogen) atoms. The molecule has 0 heterocycles. The molecule has 3 aliphatic carbocycles. The van der Waals surface area contributed by atoms with Gasteiger partial charge >= 0.3 is 0 Å². The van der Waals surface area contributed by atoms with E-state index in [0.29, 0.717) is 11.3 Å². The number of aromatic hydroxyl groups is 1. The molecule has 1 fully saturated rings. The highest BCUT2D eigenvalue weighted by Crippen LogP contribution is 2.54. The number of amides is 1. The van der Waals surface area contributed by atoms with Crippen molar-refractivity contribution in [3.63, 3.8) is 0 Å². The number of benzene rings is 1. The van der Waals surface area contributed by atoms with E-state index in [1.807, 2.05) is 0 Å². The molecule has 1 saturated carbocycles. The summed E-state index contributed by atoms with van der Waals surface area (Å²) in [5.74, 6) is -6.86. The summed E-state index contributed by atoms with van der Waals surface area (Å²) in [6.45, 7) is 0.00558. The van der Waals surface area contributed by atoms with Gasteiger partial charge in [0, 0.05) is 44.2 Å². The van der Waals surface area contributed by atoms with Crippen LogP contribution in [0.3, 0.4) is 0 Å². The lowest BCUT2D eigenvalue weighted by Gasteiger charge is -2.46. The van der Waals surface area contributed by atoms with Gasteiger partial charge in [0.05, 0.1) is 23.2 Å². The monoisotopic (exact) mass is 521 g/mol. The number of hydrogen-bond donors (Lipinski definition) is 7. The molecule has 0 saturated heterocycles. The van der Waals surface area contributed by atoms with E-state index >= 15 is 0 Å². The Labute approximate surface area is 211 Å². The Hall–Kier alpha value is -3.28. The van der Waals surface area contributed by atoms with Gasteiger partial charge < -0.3 is 41.5 Å². The molecule has 1 aromatic carbocycles. The van der Waals surface area contributed by atoms with Crippen LogP contribution in [0.25, 0.3) is 5.76 Å². The zero-order valence-electron chi connectivity index (χ0n) is 19.7. The van der Waals surface area contributed by atoms with E-state index in [1.165, 1.54) is 0 Å². The van der Waals surface area contributed by atoms with Crippen LogP contribution in [0.4, 0.5) is 11.4 Å². The fraction of sp³-hybridized carbons (Fsp3) is 0.458. The van der Waals surface area contributed by atoms with Crippen LogP contribution >= 0.6 is 11.6 Å². The van der Waals surface area contributed by atoms with Crippen LogP contribution in [-0.2, 0) is 20.8 Å². The van der Waals surface area contributed by atoms with Crippen LogP contribution in [0.15, 0.2) is 23.0 Å². The van der Waals surface area contributed by atoms with Crippen molar-refractivity contribution in [2.45, 2.75) is 31.0 Å². The third-order valence-corrected chi connectivity index (χ3v) is 7.58. The lowest BCUT2D eigenvalue weighted by atomic mass is 9.59. The van der Waals surface area contributed by atoms with Gasteiger partial charge in [0.1, 0.15) is 22.8 Å². The van der Waals surface area contributed by atoms with Gasteiger partial charge in [-0.2, -0.15) is 0 Å². The standard InChI is InChI=1S/C24H28ClN3O8/c1-28(2)14-6-13(27-8-11(29)7-25)19(31)17-12(14)4-9-3-10-5-15(30)18(23(26)35)22(34)24(10,36)21(33)16(9)20(17)32/h6,9-11,27,29,31-32,34,36H,3-5,7-8H2,1-2H3,(H2,26,35)/t9-,10+,11?,24+/m1/s1. The first-order valence-electron chi connectivity index (χ1n) is 11.4. The van der Waals surface area contributed by atoms with Crippen molar-refractivity contribution >= 4 is 46.2 Å². The molecule has 4 atom stereocenters. The van der Waals surface area contributed by atoms with E-state index in [9.17, 15) is 39.9 Å². The van der Waals surface area contributed by atoms with Crippen molar-refractivity contribution in [1.82, 2.24) is 0 Å². The minimum absolute atomic E-state index is 0.00558. The molecule has 12 heteroatoms. The number of phenols is 1. The third-order valence-electron chi connectivity index (χ3n) is 7.23. The summed E-state index contributed by atoms with van der Waals surface area (Å²) in [7, 11) is 3.53. The molecule has 3 aliphatic rings. The normalized spacial score (nSPS) is 26.2. The molecule has 0 radical (unpaired) electrons. The van der Waals surface area contributed by atoms with Crippen molar-refractivity contribution in [1.29, 1.82) is 0 Å². The van der Waals surface area contributed by atoms with E-state index in [1.54, 1.807) is 25.1 Å². The van der Waals surface area contributed by atoms with Crippen molar-refractivity contribution < 1.29 is 39.9 Å². The molecule has 11 nitrogen and oxygen atoms in total. The van der Waals surface area contributed by atoms with E-state index < -0.39 is 58.1 Å². The largest absolute Gasteiger partial charge is 0.508 e. The molecule has 194 valence electrons. The first-order valence-corrected chi connectivity index (χ1v) is 11.9. The molecular formula is C24H28ClN3O8. The second-order valence-corrected chi connectivity index (χ2v) is 9.94. The number of phenolic OH excluding ortho intramolecular Hbond substituents is 1. The lowest BCUT2D eigenvalue weighted by molar-refractivity contribution is -0.147. The van der Waals surface area contributed by atoms with Crippen LogP contribution in [0, 0.1) is 11.8 Å². The van der Waals surface area contributed by atoms with Gasteiger partial charge in [-0.1, -0.05) is 0 Å². The number of fused-ring (bicyclic) bond motifs is 3. The minimum Gasteiger partial charge on any atom is -0.508 e. The molecule has 0 spiro atoms. The summed E-state index contributed by atoms with van der Waals surface area (Å²) in [4.78, 5) is 39.6. The number of nitrogens with zero attached hydrogens (tertiary/aromatic N) is 1. The minimum atomic E-state index is -2.62. The number of ketones is 2. The zero-order valence-corrected chi connectivity index (χ0v) is 20.5. The van der Waals surface area contributed by atoms with Crippen LogP contribution < -0.4 is 16.0 Å². The van der Waals surface area contributed by atoms with Crippen LogP contribution in [0.1, 0.15) is 24.0 Å². The van der Waals surface area contributed by atoms with Crippen molar-refractivity contribution in [3.05, 3.63) is 34.1 Å². The molecule has 1 amide bonds. The predicted octanol–water partition coefficient (Wildman–Crippen LogP) is 0.502. The molecule has 0 aromatic heterocycles. The number of anilines is 2. The number of alkyl halides is 1. The van der Waals surface area contributed by atoms with Gasteiger partial charge in [0.2, 0.25) is 5.78 Å². The Morgan fingerprint density at radius 1 is 1.28 bits per heavy atom. The van der Waals surface area contributed by atoms with Crippen molar-refractivity contribution in [2.24, 2.45) is 17.6 Å². The maximum absolute atomic E-state index is 13.6. The number of nitrogens with two attached hydrogens (primary N) is 1. The van der Waals surface area contributed by atoms with Gasteiger partial charge in [0.15, 0.2) is 11.4 Å². The smallest absolute Gasteiger partial charge is 0.255 e. The Kier molecular flexibility index (Phi) is 6.44. The third kappa shape index (κ3) is 3.69. The number of halogens is 1. The second kappa shape index (κ2) is 8.99. The highest BCUT2D eigenvalue weighted by molar-refractivity contribution is 6.22. The number of Topliss-reactive ketones (excluding diaryl/α,β-unsaturated/α-hetero) is 2. The molecular weight excluding hydrogens is 494 g/mol. The highest BCUT2D eigenvalue weighted by Gasteiger charge is 2.60. The second-order valence-electron chi connectivity index (χ2n) is 9.64. The molecule has 4 rings (SSSR count). The van der Waals surface area contributed by atoms with Gasteiger partial charge in [-0.3, -0.25) is 14.4 Å².